The van der Waals surface area contributed by atoms with E-state index in [2.05, 4.69) is 4.99 Å². The summed E-state index contributed by atoms with van der Waals surface area (Å²) in [6.45, 7) is 6.46. The first-order chi connectivity index (χ1) is 5.05. The van der Waals surface area contributed by atoms with Gasteiger partial charge in [0.1, 0.15) is 12.7 Å². The molecule has 0 amide bonds. The highest BCUT2D eigenvalue weighted by molar-refractivity contribution is 5.82. The topological polar surface area (TPSA) is 41.8 Å². The second kappa shape index (κ2) is 2.81. The van der Waals surface area contributed by atoms with Crippen LogP contribution in [0.25, 0.3) is 0 Å². The number of rotatable bonds is 2. The third-order valence-corrected chi connectivity index (χ3v) is 1.66. The van der Waals surface area contributed by atoms with E-state index in [0.29, 0.717) is 18.9 Å². The molecule has 0 fully saturated rings. The van der Waals surface area contributed by atoms with Crippen LogP contribution in [0, 0.1) is 0 Å². The highest BCUT2D eigenvalue weighted by Crippen LogP contribution is 2.18. The number of nitrogens with zero attached hydrogens (tertiary/aromatic N) is 1. The van der Waals surface area contributed by atoms with Crippen LogP contribution in [0.4, 0.5) is 0 Å². The highest BCUT2D eigenvalue weighted by Gasteiger charge is 2.28. The average molecular weight is 157 g/mol. The predicted octanol–water partition coefficient (Wildman–Crippen LogP) is 0.965. The monoisotopic (exact) mass is 157 g/mol. The molecule has 1 heterocycles. The Morgan fingerprint density at radius 1 is 1.73 bits per heavy atom. The molecule has 64 valence electrons. The highest BCUT2D eigenvalue weighted by atomic mass is 16.5. The normalized spacial score (nSPS) is 24.2. The smallest absolute Gasteiger partial charge is 0.213 e. The number of hydrogen-bond acceptors (Lipinski definition) is 3. The predicted molar refractivity (Wildman–Crippen MR) is 43.8 cm³/mol. The van der Waals surface area contributed by atoms with E-state index in [1.807, 2.05) is 20.8 Å². The first kappa shape index (κ1) is 8.53. The number of aliphatic hydroxyl groups is 1. The molecule has 1 N–H and O–H groups in total. The zero-order chi connectivity index (χ0) is 8.48. The molecule has 11 heavy (non-hydrogen) atoms. The molecular weight excluding hydrogens is 142 g/mol. The molecule has 0 aliphatic carbocycles. The molecular formula is C8H15NO2. The summed E-state index contributed by atoms with van der Waals surface area (Å²) in [7, 11) is 0. The summed E-state index contributed by atoms with van der Waals surface area (Å²) < 4.78 is 5.22. The minimum atomic E-state index is -0.517. The standard InChI is InChI=1S/C8H15NO2/c1-4-6(10)7-9-8(2,3)5-11-7/h6,10H,4-5H2,1-3H3. The summed E-state index contributed by atoms with van der Waals surface area (Å²) in [5.74, 6) is 0.498. The van der Waals surface area contributed by atoms with Gasteiger partial charge in [0, 0.05) is 0 Å². The summed E-state index contributed by atoms with van der Waals surface area (Å²) in [5.41, 5.74) is -0.147. The van der Waals surface area contributed by atoms with Crippen LogP contribution in [0.5, 0.6) is 0 Å². The van der Waals surface area contributed by atoms with Gasteiger partial charge in [-0.1, -0.05) is 6.92 Å². The van der Waals surface area contributed by atoms with Crippen molar-refractivity contribution in [1.29, 1.82) is 0 Å². The lowest BCUT2D eigenvalue weighted by Crippen LogP contribution is -2.19. The van der Waals surface area contributed by atoms with E-state index >= 15 is 0 Å². The zero-order valence-electron chi connectivity index (χ0n) is 7.29. The molecule has 0 aromatic carbocycles. The Morgan fingerprint density at radius 3 is 2.73 bits per heavy atom. The van der Waals surface area contributed by atoms with Crippen molar-refractivity contribution in [1.82, 2.24) is 0 Å². The SMILES string of the molecule is CCC(O)C1=NC(C)(C)CO1. The zero-order valence-corrected chi connectivity index (χ0v) is 7.29. The van der Waals surface area contributed by atoms with Gasteiger partial charge in [-0.3, -0.25) is 0 Å². The van der Waals surface area contributed by atoms with E-state index in [1.165, 1.54) is 0 Å². The maximum atomic E-state index is 9.33. The second-order valence-electron chi connectivity index (χ2n) is 3.48. The molecule has 1 aliphatic heterocycles. The lowest BCUT2D eigenvalue weighted by Gasteiger charge is -2.07. The minimum Gasteiger partial charge on any atom is -0.477 e. The van der Waals surface area contributed by atoms with Gasteiger partial charge >= 0.3 is 0 Å². The van der Waals surface area contributed by atoms with Crippen LogP contribution in [0.3, 0.4) is 0 Å². The first-order valence-corrected chi connectivity index (χ1v) is 3.96. The first-order valence-electron chi connectivity index (χ1n) is 3.96. The Morgan fingerprint density at radius 2 is 2.36 bits per heavy atom. The summed E-state index contributed by atoms with van der Waals surface area (Å²) >= 11 is 0. The fraction of sp³-hybridized carbons (Fsp3) is 0.875. The van der Waals surface area contributed by atoms with Gasteiger partial charge in [-0.25, -0.2) is 4.99 Å². The van der Waals surface area contributed by atoms with Crippen molar-refractivity contribution in [3.63, 3.8) is 0 Å². The maximum Gasteiger partial charge on any atom is 0.213 e. The molecule has 1 atom stereocenters. The van der Waals surface area contributed by atoms with E-state index < -0.39 is 6.10 Å². The van der Waals surface area contributed by atoms with Crippen molar-refractivity contribution in [3.8, 4) is 0 Å². The lowest BCUT2D eigenvalue weighted by molar-refractivity contribution is 0.187. The van der Waals surface area contributed by atoms with Gasteiger partial charge in [-0.2, -0.15) is 0 Å². The fourth-order valence-corrected chi connectivity index (χ4v) is 0.959. The lowest BCUT2D eigenvalue weighted by atomic mass is 10.1. The van der Waals surface area contributed by atoms with Crippen LogP contribution in [-0.2, 0) is 4.74 Å². The molecule has 1 rings (SSSR count). The summed E-state index contributed by atoms with van der Waals surface area (Å²) in [5, 5.41) is 9.33. The van der Waals surface area contributed by atoms with Crippen molar-refractivity contribution in [2.75, 3.05) is 6.61 Å². The van der Waals surface area contributed by atoms with E-state index in [0.717, 1.165) is 0 Å². The van der Waals surface area contributed by atoms with Crippen LogP contribution in [0.15, 0.2) is 4.99 Å². The van der Waals surface area contributed by atoms with E-state index in [4.69, 9.17) is 4.74 Å². The van der Waals surface area contributed by atoms with Gasteiger partial charge in [-0.15, -0.1) is 0 Å². The van der Waals surface area contributed by atoms with Crippen LogP contribution in [0.2, 0.25) is 0 Å². The molecule has 0 aromatic heterocycles. The Labute approximate surface area is 67.1 Å². The van der Waals surface area contributed by atoms with Crippen LogP contribution in [0.1, 0.15) is 27.2 Å². The second-order valence-corrected chi connectivity index (χ2v) is 3.48. The number of aliphatic imine (C=N–C) groups is 1. The molecule has 0 bridgehead atoms. The number of ether oxygens (including phenoxy) is 1. The third-order valence-electron chi connectivity index (χ3n) is 1.66. The molecule has 0 spiro atoms. The quantitative estimate of drug-likeness (QED) is 0.648. The molecule has 1 unspecified atom stereocenters. The van der Waals surface area contributed by atoms with Crippen LogP contribution < -0.4 is 0 Å². The molecule has 1 aliphatic rings. The van der Waals surface area contributed by atoms with Gasteiger partial charge in [-0.05, 0) is 20.3 Å². The number of hydrogen-bond donors (Lipinski definition) is 1. The molecule has 3 heteroatoms. The van der Waals surface area contributed by atoms with Gasteiger partial charge in [0.25, 0.3) is 0 Å². The molecule has 0 aromatic rings. The molecule has 0 radical (unpaired) electrons. The molecule has 0 saturated heterocycles. The van der Waals surface area contributed by atoms with Crippen molar-refractivity contribution < 1.29 is 9.84 Å². The van der Waals surface area contributed by atoms with Crippen molar-refractivity contribution >= 4 is 5.90 Å². The Kier molecular flexibility index (Phi) is 2.18. The van der Waals surface area contributed by atoms with Crippen LogP contribution in [-0.4, -0.2) is 29.3 Å². The van der Waals surface area contributed by atoms with E-state index in [9.17, 15) is 5.11 Å². The van der Waals surface area contributed by atoms with Crippen molar-refractivity contribution in [3.05, 3.63) is 0 Å². The van der Waals surface area contributed by atoms with Gasteiger partial charge in [0.15, 0.2) is 0 Å². The largest absolute Gasteiger partial charge is 0.477 e. The maximum absolute atomic E-state index is 9.33. The third kappa shape index (κ3) is 1.93. The van der Waals surface area contributed by atoms with Gasteiger partial charge < -0.3 is 9.84 Å². The average Bonchev–Trinajstić information content (AvgIpc) is 2.29. The molecule has 0 saturated carbocycles. The Hall–Kier alpha value is -0.570. The van der Waals surface area contributed by atoms with Crippen molar-refractivity contribution in [2.45, 2.75) is 38.8 Å². The summed E-state index contributed by atoms with van der Waals surface area (Å²) in [6, 6.07) is 0. The molecule has 3 nitrogen and oxygen atoms in total. The van der Waals surface area contributed by atoms with Gasteiger partial charge in [0.2, 0.25) is 5.90 Å². The van der Waals surface area contributed by atoms with Crippen LogP contribution >= 0.6 is 0 Å². The van der Waals surface area contributed by atoms with Crippen molar-refractivity contribution in [2.24, 2.45) is 4.99 Å². The minimum absolute atomic E-state index is 0.147. The van der Waals surface area contributed by atoms with Gasteiger partial charge in [0.05, 0.1) is 5.54 Å². The summed E-state index contributed by atoms with van der Waals surface area (Å²) in [4.78, 5) is 4.24. The summed E-state index contributed by atoms with van der Waals surface area (Å²) in [6.07, 6.45) is 0.145. The van der Waals surface area contributed by atoms with E-state index in [1.54, 1.807) is 0 Å². The Bertz CT molecular complexity index is 175. The van der Waals surface area contributed by atoms with E-state index in [-0.39, 0.29) is 5.54 Å². The Balaban J connectivity index is 2.62. The fourth-order valence-electron chi connectivity index (χ4n) is 0.959. The number of aliphatic hydroxyl groups excluding tert-OH is 1.